The molecule has 6 heteroatoms. The third-order valence-corrected chi connectivity index (χ3v) is 3.10. The van der Waals surface area contributed by atoms with E-state index in [1.807, 2.05) is 27.7 Å². The number of rotatable bonds is 6. The first-order valence-corrected chi connectivity index (χ1v) is 7.42. The number of hydrogen-bond donors (Lipinski definition) is 2. The molecule has 0 radical (unpaired) electrons. The molecule has 2 N–H and O–H groups in total. The van der Waals surface area contributed by atoms with Crippen LogP contribution in [0.4, 0.5) is 0 Å². The zero-order valence-electron chi connectivity index (χ0n) is 12.9. The molecule has 21 heavy (non-hydrogen) atoms. The highest BCUT2D eigenvalue weighted by atomic mass is 35.5. The highest BCUT2D eigenvalue weighted by Gasteiger charge is 2.11. The predicted molar refractivity (Wildman–Crippen MR) is 83.5 cm³/mol. The molecule has 0 atom stereocenters. The van der Waals surface area contributed by atoms with E-state index < -0.39 is 0 Å². The van der Waals surface area contributed by atoms with Crippen molar-refractivity contribution in [1.29, 1.82) is 0 Å². The number of nitrogens with one attached hydrogen (secondary N) is 2. The highest BCUT2D eigenvalue weighted by Crippen LogP contribution is 2.17. The molecule has 1 heterocycles. The van der Waals surface area contributed by atoms with Crippen LogP contribution in [0, 0.1) is 5.92 Å². The van der Waals surface area contributed by atoms with Crippen molar-refractivity contribution in [3.05, 3.63) is 28.5 Å². The van der Waals surface area contributed by atoms with Crippen LogP contribution in [0.2, 0.25) is 5.15 Å². The molecule has 0 unspecified atom stereocenters. The van der Waals surface area contributed by atoms with Crippen LogP contribution < -0.4 is 10.6 Å². The zero-order valence-corrected chi connectivity index (χ0v) is 13.6. The van der Waals surface area contributed by atoms with Gasteiger partial charge in [-0.15, -0.1) is 0 Å². The summed E-state index contributed by atoms with van der Waals surface area (Å²) in [5.41, 5.74) is 1.26. The quantitative estimate of drug-likeness (QED) is 0.626. The minimum absolute atomic E-state index is 0.0294. The van der Waals surface area contributed by atoms with Gasteiger partial charge in [0.05, 0.1) is 0 Å². The Balaban J connectivity index is 2.54. The van der Waals surface area contributed by atoms with E-state index in [1.165, 1.54) is 6.07 Å². The summed E-state index contributed by atoms with van der Waals surface area (Å²) < 4.78 is 0. The summed E-state index contributed by atoms with van der Waals surface area (Å²) in [6.07, 6.45) is 0. The normalized spacial score (nSPS) is 10.8. The van der Waals surface area contributed by atoms with Crippen molar-refractivity contribution < 1.29 is 9.59 Å². The number of amides is 2. The monoisotopic (exact) mass is 311 g/mol. The van der Waals surface area contributed by atoms with Gasteiger partial charge in [-0.25, -0.2) is 4.98 Å². The van der Waals surface area contributed by atoms with E-state index >= 15 is 0 Å². The number of carbonyl (C=O) groups is 2. The number of aromatic nitrogens is 1. The molecule has 0 saturated carbocycles. The molecule has 1 rings (SSSR count). The number of nitrogens with zero attached hydrogens (tertiary/aromatic N) is 1. The molecule has 0 saturated heterocycles. The summed E-state index contributed by atoms with van der Waals surface area (Å²) in [7, 11) is 0. The Kier molecular flexibility index (Phi) is 6.62. The lowest BCUT2D eigenvalue weighted by atomic mass is 10.1. The van der Waals surface area contributed by atoms with E-state index in [-0.39, 0.29) is 23.7 Å². The Hall–Kier alpha value is -1.62. The van der Waals surface area contributed by atoms with E-state index in [4.69, 9.17) is 11.6 Å². The fraction of sp³-hybridized carbons (Fsp3) is 0.533. The predicted octanol–water partition coefficient (Wildman–Crippen LogP) is 2.36. The smallest absolute Gasteiger partial charge is 0.251 e. The third-order valence-electron chi connectivity index (χ3n) is 2.90. The Morgan fingerprint density at radius 1 is 1.14 bits per heavy atom. The summed E-state index contributed by atoms with van der Waals surface area (Å²) in [6.45, 7) is 8.39. The second kappa shape index (κ2) is 7.98. The van der Waals surface area contributed by atoms with Gasteiger partial charge < -0.3 is 10.6 Å². The van der Waals surface area contributed by atoms with Gasteiger partial charge in [-0.05, 0) is 18.1 Å². The van der Waals surface area contributed by atoms with Crippen molar-refractivity contribution in [2.24, 2.45) is 5.92 Å². The van der Waals surface area contributed by atoms with E-state index in [0.717, 1.165) is 5.69 Å². The molecular weight excluding hydrogens is 290 g/mol. The van der Waals surface area contributed by atoms with Crippen LogP contribution >= 0.6 is 11.6 Å². The van der Waals surface area contributed by atoms with Crippen LogP contribution in [-0.4, -0.2) is 29.9 Å². The minimum Gasteiger partial charge on any atom is -0.354 e. The van der Waals surface area contributed by atoms with E-state index in [2.05, 4.69) is 15.6 Å². The highest BCUT2D eigenvalue weighted by molar-refractivity contribution is 6.29. The fourth-order valence-corrected chi connectivity index (χ4v) is 1.83. The van der Waals surface area contributed by atoms with Gasteiger partial charge in [-0.3, -0.25) is 9.59 Å². The van der Waals surface area contributed by atoms with Gasteiger partial charge in [-0.2, -0.15) is 0 Å². The lowest BCUT2D eigenvalue weighted by Gasteiger charge is -2.10. The molecule has 0 aliphatic carbocycles. The second-order valence-corrected chi connectivity index (χ2v) is 5.85. The average Bonchev–Trinajstić information content (AvgIpc) is 2.42. The first kappa shape index (κ1) is 17.4. The van der Waals surface area contributed by atoms with Crippen LogP contribution in [0.3, 0.4) is 0 Å². The molecular formula is C15H22ClN3O2. The molecule has 0 aromatic carbocycles. The minimum atomic E-state index is -0.222. The molecule has 116 valence electrons. The third kappa shape index (κ3) is 5.71. The molecule has 1 aromatic rings. The largest absolute Gasteiger partial charge is 0.354 e. The molecule has 0 spiro atoms. The van der Waals surface area contributed by atoms with Gasteiger partial charge in [0.2, 0.25) is 5.91 Å². The van der Waals surface area contributed by atoms with Crippen molar-refractivity contribution in [2.45, 2.75) is 33.6 Å². The maximum Gasteiger partial charge on any atom is 0.251 e. The Morgan fingerprint density at radius 3 is 2.33 bits per heavy atom. The molecule has 1 aromatic heterocycles. The van der Waals surface area contributed by atoms with Crippen molar-refractivity contribution in [1.82, 2.24) is 15.6 Å². The maximum absolute atomic E-state index is 12.0. The summed E-state index contributed by atoms with van der Waals surface area (Å²) in [5.74, 6) is -0.118. The summed E-state index contributed by atoms with van der Waals surface area (Å²) in [6, 6.07) is 3.27. The fourth-order valence-electron chi connectivity index (χ4n) is 1.61. The van der Waals surface area contributed by atoms with Crippen molar-refractivity contribution in [3.63, 3.8) is 0 Å². The van der Waals surface area contributed by atoms with Crippen LogP contribution in [0.25, 0.3) is 0 Å². The topological polar surface area (TPSA) is 71.1 Å². The summed E-state index contributed by atoms with van der Waals surface area (Å²) in [5, 5.41) is 5.79. The van der Waals surface area contributed by atoms with Gasteiger partial charge in [-0.1, -0.05) is 39.3 Å². The van der Waals surface area contributed by atoms with Crippen LogP contribution in [0.5, 0.6) is 0 Å². The first-order chi connectivity index (χ1) is 9.81. The van der Waals surface area contributed by atoms with E-state index in [0.29, 0.717) is 23.8 Å². The lowest BCUT2D eigenvalue weighted by Crippen LogP contribution is -2.36. The molecule has 2 amide bonds. The van der Waals surface area contributed by atoms with Gasteiger partial charge >= 0.3 is 0 Å². The van der Waals surface area contributed by atoms with E-state index in [9.17, 15) is 9.59 Å². The Bertz CT molecular complexity index is 516. The number of hydrogen-bond acceptors (Lipinski definition) is 3. The van der Waals surface area contributed by atoms with Crippen molar-refractivity contribution in [2.75, 3.05) is 13.1 Å². The van der Waals surface area contributed by atoms with Gasteiger partial charge in [0.15, 0.2) is 0 Å². The first-order valence-electron chi connectivity index (χ1n) is 7.04. The molecule has 0 aliphatic heterocycles. The second-order valence-electron chi connectivity index (χ2n) is 5.46. The molecule has 0 fully saturated rings. The summed E-state index contributed by atoms with van der Waals surface area (Å²) in [4.78, 5) is 27.6. The zero-order chi connectivity index (χ0) is 16.0. The maximum atomic E-state index is 12.0. The van der Waals surface area contributed by atoms with Crippen LogP contribution in [-0.2, 0) is 4.79 Å². The standard InChI is InChI=1S/C15H22ClN3O2/c1-9(2)12-7-11(8-13(16)19-12)15(21)18-6-5-17-14(20)10(3)4/h7-10H,5-6H2,1-4H3,(H,17,20)(H,18,21). The average molecular weight is 312 g/mol. The van der Waals surface area contributed by atoms with Gasteiger partial charge in [0, 0.05) is 30.3 Å². The van der Waals surface area contributed by atoms with Crippen molar-refractivity contribution >= 4 is 23.4 Å². The molecule has 5 nitrogen and oxygen atoms in total. The lowest BCUT2D eigenvalue weighted by molar-refractivity contribution is -0.123. The number of halogens is 1. The van der Waals surface area contributed by atoms with Gasteiger partial charge in [0.25, 0.3) is 5.91 Å². The Morgan fingerprint density at radius 2 is 1.76 bits per heavy atom. The SMILES string of the molecule is CC(C)C(=O)NCCNC(=O)c1cc(Cl)nc(C(C)C)c1. The van der Waals surface area contributed by atoms with E-state index in [1.54, 1.807) is 6.07 Å². The summed E-state index contributed by atoms with van der Waals surface area (Å²) >= 11 is 5.93. The van der Waals surface area contributed by atoms with Gasteiger partial charge in [0.1, 0.15) is 5.15 Å². The number of pyridine rings is 1. The van der Waals surface area contributed by atoms with Crippen LogP contribution in [0.15, 0.2) is 12.1 Å². The molecule has 0 aliphatic rings. The number of carbonyl (C=O) groups excluding carboxylic acids is 2. The van der Waals surface area contributed by atoms with Crippen LogP contribution in [0.1, 0.15) is 49.7 Å². The van der Waals surface area contributed by atoms with Crippen molar-refractivity contribution in [3.8, 4) is 0 Å². The molecule has 0 bridgehead atoms. The Labute approximate surface area is 130 Å².